The van der Waals surface area contributed by atoms with E-state index >= 15 is 0 Å². The third kappa shape index (κ3) is 8.45. The molecule has 2 aliphatic heterocycles. The summed E-state index contributed by atoms with van der Waals surface area (Å²) in [7, 11) is 0. The van der Waals surface area contributed by atoms with Crippen LogP contribution >= 0.6 is 0 Å². The van der Waals surface area contributed by atoms with Crippen LogP contribution in [0.2, 0.25) is 0 Å². The van der Waals surface area contributed by atoms with E-state index in [-0.39, 0.29) is 44.6 Å². The van der Waals surface area contributed by atoms with Gasteiger partial charge >= 0.3 is 0 Å². The summed E-state index contributed by atoms with van der Waals surface area (Å²) in [4.78, 5) is 7.73. The fourth-order valence-electron chi connectivity index (χ4n) is 14.9. The van der Waals surface area contributed by atoms with Crippen molar-refractivity contribution in [2.45, 2.75) is 181 Å². The van der Waals surface area contributed by atoms with Crippen LogP contribution in [-0.4, -0.2) is 6.71 Å². The number of nitrogens with zero attached hydrogens (tertiary/aromatic N) is 3. The van der Waals surface area contributed by atoms with Gasteiger partial charge in [-0.2, -0.15) is 0 Å². The molecule has 0 fully saturated rings. The maximum absolute atomic E-state index is 7.83. The van der Waals surface area contributed by atoms with Crippen molar-refractivity contribution in [1.29, 1.82) is 0 Å². The molecule has 5 nitrogen and oxygen atoms in total. The lowest BCUT2D eigenvalue weighted by Crippen LogP contribution is -2.61. The number of anilines is 9. The maximum atomic E-state index is 7.83. The molecule has 426 valence electrons. The van der Waals surface area contributed by atoms with Crippen LogP contribution in [0.3, 0.4) is 0 Å². The van der Waals surface area contributed by atoms with E-state index in [4.69, 9.17) is 8.83 Å². The van der Waals surface area contributed by atoms with Gasteiger partial charge < -0.3 is 23.5 Å². The van der Waals surface area contributed by atoms with Gasteiger partial charge in [-0.15, -0.1) is 0 Å². The third-order valence-electron chi connectivity index (χ3n) is 20.4. The summed E-state index contributed by atoms with van der Waals surface area (Å²) < 4.78 is 14.4. The van der Waals surface area contributed by atoms with Crippen molar-refractivity contribution < 1.29 is 8.83 Å². The molecule has 14 rings (SSSR count). The monoisotopic (exact) mass is 1110 g/mol. The minimum Gasteiger partial charge on any atom is -0.468 e. The van der Waals surface area contributed by atoms with Crippen molar-refractivity contribution in [3.05, 3.63) is 191 Å². The topological polar surface area (TPSA) is 36.0 Å². The lowest BCUT2D eigenvalue weighted by molar-refractivity contribution is 0.332. The molecular formula is C78H84BN3O2. The smallest absolute Gasteiger partial charge is 0.297 e. The average molecular weight is 1110 g/mol. The Morgan fingerprint density at radius 2 is 0.917 bits per heavy atom. The standard InChI is InChI=1S/C78H84BN3O2/c1-72(2,3)47-22-27-50(28-23-47)80(52-32-35-67-56(41-52)55-20-18-19-21-66(55)83-67)54-43-64-69-65(44-54)82(53-31-33-58-59(42-53)76(12,13)37-36-75(58,10)11)70-57-45-60-61(78(16,17)39-38-77(60,14)15)46-68(57)84-71(70)79(69)62-40-49(74(7,8)9)26-34-63(62)81(64)51-29-24-48(25-30-51)73(4,5)6/h18-35,40-46H,36-39H2,1-17H3. The summed E-state index contributed by atoms with van der Waals surface area (Å²) in [6.07, 6.45) is 4.52. The highest BCUT2D eigenvalue weighted by Gasteiger charge is 2.49. The number of benzene rings is 8. The van der Waals surface area contributed by atoms with E-state index in [0.717, 1.165) is 104 Å². The highest BCUT2D eigenvalue weighted by atomic mass is 16.3. The van der Waals surface area contributed by atoms with Gasteiger partial charge in [-0.05, 0) is 204 Å². The summed E-state index contributed by atoms with van der Waals surface area (Å²) >= 11 is 0. The number of hydrogen-bond acceptors (Lipinski definition) is 5. The lowest BCUT2D eigenvalue weighted by atomic mass is 9.35. The van der Waals surface area contributed by atoms with E-state index < -0.39 is 0 Å². The highest BCUT2D eigenvalue weighted by molar-refractivity contribution is 7.00. The summed E-state index contributed by atoms with van der Waals surface area (Å²) in [6, 6.07) is 58.8. The molecule has 0 unspecified atom stereocenters. The first-order chi connectivity index (χ1) is 39.5. The van der Waals surface area contributed by atoms with Crippen molar-refractivity contribution in [1.82, 2.24) is 0 Å². The molecule has 4 aliphatic rings. The van der Waals surface area contributed by atoms with Crippen LogP contribution in [-0.2, 0) is 37.9 Å². The zero-order valence-corrected chi connectivity index (χ0v) is 53.0. The fraction of sp³-hybridized carbons (Fsp3) is 0.359. The first kappa shape index (κ1) is 54.5. The van der Waals surface area contributed by atoms with Gasteiger partial charge in [0.25, 0.3) is 6.71 Å². The molecule has 84 heavy (non-hydrogen) atoms. The van der Waals surface area contributed by atoms with Gasteiger partial charge in [0.05, 0.1) is 17.0 Å². The molecule has 6 heteroatoms. The van der Waals surface area contributed by atoms with E-state index in [0.29, 0.717) is 0 Å². The van der Waals surface area contributed by atoms with Crippen molar-refractivity contribution >= 4 is 107 Å². The predicted molar refractivity (Wildman–Crippen MR) is 359 cm³/mol. The van der Waals surface area contributed by atoms with Gasteiger partial charge in [-0.3, -0.25) is 0 Å². The molecule has 0 amide bonds. The second-order valence-corrected chi connectivity index (χ2v) is 31.2. The third-order valence-corrected chi connectivity index (χ3v) is 20.4. The van der Waals surface area contributed by atoms with Gasteiger partial charge in [0, 0.05) is 56.0 Å². The normalized spacial score (nSPS) is 17.5. The Morgan fingerprint density at radius 1 is 0.393 bits per heavy atom. The molecular weight excluding hydrogens is 1020 g/mol. The summed E-state index contributed by atoms with van der Waals surface area (Å²) in [5.41, 5.74) is 25.7. The first-order valence-electron chi connectivity index (χ1n) is 31.1. The molecule has 0 radical (unpaired) electrons. The Hall–Kier alpha value is -7.44. The molecule has 0 saturated carbocycles. The minimum absolute atomic E-state index is 0.00364. The molecule has 0 atom stereocenters. The van der Waals surface area contributed by atoms with Gasteiger partial charge in [-0.1, -0.05) is 178 Å². The zero-order valence-electron chi connectivity index (χ0n) is 53.0. The van der Waals surface area contributed by atoms with Gasteiger partial charge in [0.2, 0.25) is 0 Å². The number of rotatable bonds is 5. The molecule has 2 aromatic heterocycles. The number of fused-ring (bicyclic) bond motifs is 11. The summed E-state index contributed by atoms with van der Waals surface area (Å²) in [6.45, 7) is 40.2. The Labute approximate surface area is 500 Å². The number of furan rings is 2. The van der Waals surface area contributed by atoms with E-state index in [1.807, 2.05) is 0 Å². The van der Waals surface area contributed by atoms with E-state index in [2.05, 4.69) is 284 Å². The van der Waals surface area contributed by atoms with Crippen molar-refractivity contribution in [2.75, 3.05) is 14.7 Å². The molecule has 0 saturated heterocycles. The van der Waals surface area contributed by atoms with Crippen LogP contribution in [0.15, 0.2) is 160 Å². The fourth-order valence-corrected chi connectivity index (χ4v) is 14.9. The maximum Gasteiger partial charge on any atom is 0.297 e. The molecule has 2 aliphatic carbocycles. The zero-order chi connectivity index (χ0) is 59.2. The van der Waals surface area contributed by atoms with E-state index in [1.54, 1.807) is 0 Å². The minimum atomic E-state index is -0.232. The summed E-state index contributed by atoms with van der Waals surface area (Å²) in [5.74, 6) is 0. The lowest BCUT2D eigenvalue weighted by Gasteiger charge is -2.45. The largest absolute Gasteiger partial charge is 0.468 e. The van der Waals surface area contributed by atoms with Gasteiger partial charge in [-0.25, -0.2) is 0 Å². The molecule has 0 N–H and O–H groups in total. The Kier molecular flexibility index (Phi) is 11.7. The molecule has 0 bridgehead atoms. The summed E-state index contributed by atoms with van der Waals surface area (Å²) in [5, 5.41) is 3.37. The molecule has 4 heterocycles. The van der Waals surface area contributed by atoms with Crippen LogP contribution in [0.4, 0.5) is 51.2 Å². The van der Waals surface area contributed by atoms with Crippen LogP contribution in [0, 0.1) is 0 Å². The van der Waals surface area contributed by atoms with Crippen molar-refractivity contribution in [3.8, 4) is 0 Å². The second kappa shape index (κ2) is 18.1. The van der Waals surface area contributed by atoms with Crippen molar-refractivity contribution in [3.63, 3.8) is 0 Å². The van der Waals surface area contributed by atoms with Crippen LogP contribution in [0.1, 0.15) is 182 Å². The second-order valence-electron chi connectivity index (χ2n) is 31.2. The van der Waals surface area contributed by atoms with Crippen LogP contribution < -0.4 is 31.3 Å². The quantitative estimate of drug-likeness (QED) is 0.161. The molecule has 8 aromatic carbocycles. The SMILES string of the molecule is CC(C)(C)c1ccc(N(c2cc3c4c(c2)N(c2ccc5c(c2)C(C)(C)CCC5(C)C)c2c(oc5cc6c(cc25)C(C)(C)CCC6(C)C)B4c2cc(C(C)(C)C)ccc2N3c2ccc(C(C)(C)C)cc2)c2ccc3oc4ccccc4c3c2)cc1. The van der Waals surface area contributed by atoms with Gasteiger partial charge in [0.1, 0.15) is 16.7 Å². The highest BCUT2D eigenvalue weighted by Crippen LogP contribution is 2.55. The van der Waals surface area contributed by atoms with E-state index in [9.17, 15) is 0 Å². The van der Waals surface area contributed by atoms with Crippen LogP contribution in [0.5, 0.6) is 0 Å². The Bertz CT molecular complexity index is 4330. The Morgan fingerprint density at radius 3 is 1.55 bits per heavy atom. The molecule has 0 spiro atoms. The van der Waals surface area contributed by atoms with Crippen molar-refractivity contribution in [2.24, 2.45) is 0 Å². The average Bonchev–Trinajstić information content (AvgIpc) is 2.89. The number of hydrogen-bond donors (Lipinski definition) is 0. The predicted octanol–water partition coefficient (Wildman–Crippen LogP) is 20.5. The van der Waals surface area contributed by atoms with E-state index in [1.165, 1.54) is 60.9 Å². The first-order valence-corrected chi connectivity index (χ1v) is 31.1. The van der Waals surface area contributed by atoms with Gasteiger partial charge in [0.15, 0.2) is 0 Å². The molecule has 10 aromatic rings. The van der Waals surface area contributed by atoms with Crippen LogP contribution in [0.25, 0.3) is 32.9 Å². The number of para-hydroxylation sites is 1. The Balaban J connectivity index is 1.14.